The summed E-state index contributed by atoms with van der Waals surface area (Å²) in [7, 11) is 1.70. The van der Waals surface area contributed by atoms with Gasteiger partial charge < -0.3 is 24.6 Å². The first-order chi connectivity index (χ1) is 14.3. The predicted octanol–water partition coefficient (Wildman–Crippen LogP) is 1.56. The number of hydrogen-bond acceptors (Lipinski definition) is 8. The van der Waals surface area contributed by atoms with Gasteiger partial charge in [-0.2, -0.15) is 0 Å². The third-order valence-electron chi connectivity index (χ3n) is 5.53. The Bertz CT molecular complexity index is 758. The van der Waals surface area contributed by atoms with Crippen LogP contribution in [-0.4, -0.2) is 87.5 Å². The van der Waals surface area contributed by atoms with E-state index in [1.807, 2.05) is 12.1 Å². The topological polar surface area (TPSA) is 66.0 Å². The molecule has 0 amide bonds. The number of nitrogens with one attached hydrogen (secondary N) is 1. The lowest BCUT2D eigenvalue weighted by Gasteiger charge is -2.36. The minimum atomic E-state index is 0.833. The molecule has 2 saturated heterocycles. The Morgan fingerprint density at radius 3 is 2.41 bits per heavy atom. The smallest absolute Gasteiger partial charge is 0.134 e. The van der Waals surface area contributed by atoms with E-state index in [2.05, 4.69) is 48.2 Å². The highest BCUT2D eigenvalue weighted by Gasteiger charge is 2.19. The molecule has 0 aliphatic carbocycles. The summed E-state index contributed by atoms with van der Waals surface area (Å²) in [4.78, 5) is 16.0. The molecular formula is C21H30N6O2. The third-order valence-corrected chi connectivity index (χ3v) is 5.53. The van der Waals surface area contributed by atoms with Crippen molar-refractivity contribution in [3.63, 3.8) is 0 Å². The van der Waals surface area contributed by atoms with Crippen molar-refractivity contribution in [3.05, 3.63) is 36.7 Å². The number of hydrogen-bond donors (Lipinski definition) is 1. The molecule has 2 aliphatic rings. The normalized spacial score (nSPS) is 18.0. The van der Waals surface area contributed by atoms with Crippen LogP contribution in [0.3, 0.4) is 0 Å². The summed E-state index contributed by atoms with van der Waals surface area (Å²) in [6.07, 6.45) is 1.66. The number of ether oxygens (including phenoxy) is 2. The van der Waals surface area contributed by atoms with Gasteiger partial charge in [0.05, 0.1) is 20.3 Å². The van der Waals surface area contributed by atoms with Crippen LogP contribution in [0.4, 0.5) is 17.3 Å². The van der Waals surface area contributed by atoms with Gasteiger partial charge in [-0.3, -0.25) is 4.90 Å². The van der Waals surface area contributed by atoms with Crippen molar-refractivity contribution in [1.82, 2.24) is 14.9 Å². The van der Waals surface area contributed by atoms with Crippen molar-refractivity contribution in [2.24, 2.45) is 0 Å². The van der Waals surface area contributed by atoms with Crippen LogP contribution < -0.4 is 19.9 Å². The molecule has 3 heterocycles. The van der Waals surface area contributed by atoms with Crippen LogP contribution in [0.5, 0.6) is 5.75 Å². The Balaban J connectivity index is 1.27. The van der Waals surface area contributed by atoms with Crippen molar-refractivity contribution in [3.8, 4) is 5.75 Å². The van der Waals surface area contributed by atoms with Crippen LogP contribution in [0.2, 0.25) is 0 Å². The number of methoxy groups -OCH3 is 1. The van der Waals surface area contributed by atoms with Gasteiger partial charge >= 0.3 is 0 Å². The number of aromatic nitrogens is 2. The first-order valence-electron chi connectivity index (χ1n) is 10.3. The van der Waals surface area contributed by atoms with Crippen LogP contribution in [0.25, 0.3) is 0 Å². The summed E-state index contributed by atoms with van der Waals surface area (Å²) in [6.45, 7) is 9.38. The van der Waals surface area contributed by atoms with Gasteiger partial charge in [0.2, 0.25) is 0 Å². The molecular weight excluding hydrogens is 368 g/mol. The maximum atomic E-state index is 5.40. The molecule has 0 bridgehead atoms. The lowest BCUT2D eigenvalue weighted by atomic mass is 10.2. The van der Waals surface area contributed by atoms with E-state index in [0.29, 0.717) is 0 Å². The molecule has 0 atom stereocenters. The van der Waals surface area contributed by atoms with Crippen LogP contribution in [0, 0.1) is 0 Å². The summed E-state index contributed by atoms with van der Waals surface area (Å²) in [5.74, 6) is 2.77. The fraction of sp³-hybridized carbons (Fsp3) is 0.524. The Kier molecular flexibility index (Phi) is 6.63. The maximum absolute atomic E-state index is 5.40. The molecule has 0 spiro atoms. The molecule has 1 aromatic heterocycles. The van der Waals surface area contributed by atoms with E-state index in [-0.39, 0.29) is 0 Å². The van der Waals surface area contributed by atoms with Crippen LogP contribution in [0.15, 0.2) is 36.7 Å². The summed E-state index contributed by atoms with van der Waals surface area (Å²) >= 11 is 0. The highest BCUT2D eigenvalue weighted by Crippen LogP contribution is 2.22. The number of anilines is 3. The lowest BCUT2D eigenvalue weighted by molar-refractivity contribution is 0.0398. The third kappa shape index (κ3) is 5.27. The number of piperazine rings is 1. The summed E-state index contributed by atoms with van der Waals surface area (Å²) < 4.78 is 10.6. The maximum Gasteiger partial charge on any atom is 0.134 e. The first-order valence-corrected chi connectivity index (χ1v) is 10.3. The molecule has 2 aliphatic heterocycles. The monoisotopic (exact) mass is 398 g/mol. The highest BCUT2D eigenvalue weighted by molar-refractivity contribution is 5.53. The van der Waals surface area contributed by atoms with E-state index in [1.54, 1.807) is 13.4 Å². The van der Waals surface area contributed by atoms with Gasteiger partial charge in [0, 0.05) is 64.1 Å². The van der Waals surface area contributed by atoms with Crippen molar-refractivity contribution >= 4 is 17.3 Å². The zero-order chi connectivity index (χ0) is 19.9. The van der Waals surface area contributed by atoms with Crippen molar-refractivity contribution in [2.75, 3.05) is 87.8 Å². The molecule has 2 fully saturated rings. The number of nitrogens with zero attached hydrogens (tertiary/aromatic N) is 5. The lowest BCUT2D eigenvalue weighted by Crippen LogP contribution is -2.46. The second kappa shape index (κ2) is 9.76. The molecule has 4 rings (SSSR count). The van der Waals surface area contributed by atoms with Gasteiger partial charge in [-0.05, 0) is 24.3 Å². The molecule has 2 aromatic rings. The Morgan fingerprint density at radius 2 is 1.69 bits per heavy atom. The molecule has 0 unspecified atom stereocenters. The van der Waals surface area contributed by atoms with Gasteiger partial charge in [0.1, 0.15) is 23.7 Å². The predicted molar refractivity (Wildman–Crippen MR) is 115 cm³/mol. The highest BCUT2D eigenvalue weighted by atomic mass is 16.5. The van der Waals surface area contributed by atoms with E-state index in [1.165, 1.54) is 5.69 Å². The minimum absolute atomic E-state index is 0.833. The SMILES string of the molecule is COc1ccc(N2CCN(c3cc(NCCN4CCOCC4)ncn3)CC2)cc1. The number of benzene rings is 1. The van der Waals surface area contributed by atoms with Crippen LogP contribution in [-0.2, 0) is 4.74 Å². The fourth-order valence-electron chi connectivity index (χ4n) is 3.77. The van der Waals surface area contributed by atoms with Crippen LogP contribution in [0.1, 0.15) is 0 Å². The number of rotatable bonds is 7. The summed E-state index contributed by atoms with van der Waals surface area (Å²) in [6, 6.07) is 10.3. The molecule has 1 N–H and O–H groups in total. The zero-order valence-corrected chi connectivity index (χ0v) is 17.1. The molecule has 8 nitrogen and oxygen atoms in total. The molecule has 1 aromatic carbocycles. The molecule has 0 radical (unpaired) electrons. The van der Waals surface area contributed by atoms with E-state index >= 15 is 0 Å². The van der Waals surface area contributed by atoms with Gasteiger partial charge in [0.15, 0.2) is 0 Å². The van der Waals surface area contributed by atoms with Crippen molar-refractivity contribution in [1.29, 1.82) is 0 Å². The van der Waals surface area contributed by atoms with E-state index < -0.39 is 0 Å². The first kappa shape index (κ1) is 19.7. The largest absolute Gasteiger partial charge is 0.497 e. The van der Waals surface area contributed by atoms with E-state index in [9.17, 15) is 0 Å². The average molecular weight is 399 g/mol. The van der Waals surface area contributed by atoms with Gasteiger partial charge in [-0.25, -0.2) is 9.97 Å². The molecule has 29 heavy (non-hydrogen) atoms. The van der Waals surface area contributed by atoms with E-state index in [0.717, 1.165) is 83.0 Å². The molecule has 156 valence electrons. The zero-order valence-electron chi connectivity index (χ0n) is 17.1. The van der Waals surface area contributed by atoms with Crippen LogP contribution >= 0.6 is 0 Å². The fourth-order valence-corrected chi connectivity index (χ4v) is 3.77. The average Bonchev–Trinajstić information content (AvgIpc) is 2.80. The molecule has 0 saturated carbocycles. The summed E-state index contributed by atoms with van der Waals surface area (Å²) in [5.41, 5.74) is 1.23. The quantitative estimate of drug-likeness (QED) is 0.754. The van der Waals surface area contributed by atoms with Gasteiger partial charge in [0.25, 0.3) is 0 Å². The van der Waals surface area contributed by atoms with Gasteiger partial charge in [-0.1, -0.05) is 0 Å². The van der Waals surface area contributed by atoms with Crippen molar-refractivity contribution < 1.29 is 9.47 Å². The number of morpholine rings is 1. The second-order valence-electron chi connectivity index (χ2n) is 7.31. The van der Waals surface area contributed by atoms with Gasteiger partial charge in [-0.15, -0.1) is 0 Å². The Hall–Kier alpha value is -2.58. The Morgan fingerprint density at radius 1 is 0.966 bits per heavy atom. The minimum Gasteiger partial charge on any atom is -0.497 e. The Labute approximate surface area is 172 Å². The van der Waals surface area contributed by atoms with E-state index in [4.69, 9.17) is 9.47 Å². The second-order valence-corrected chi connectivity index (χ2v) is 7.31. The van der Waals surface area contributed by atoms with Crippen molar-refractivity contribution in [2.45, 2.75) is 0 Å². The summed E-state index contributed by atoms with van der Waals surface area (Å²) in [5, 5.41) is 3.43. The standard InChI is InChI=1S/C21H30N6O2/c1-28-19-4-2-18(3-5-19)26-8-10-27(11-9-26)21-16-20(23-17-24-21)22-6-7-25-12-14-29-15-13-25/h2-5,16-17H,6-15H2,1H3,(H,22,23,24). The molecule has 8 heteroatoms.